The quantitative estimate of drug-likeness (QED) is 0.868. The molecule has 0 radical (unpaired) electrons. The summed E-state index contributed by atoms with van der Waals surface area (Å²) < 4.78 is 0. The van der Waals surface area contributed by atoms with Crippen LogP contribution >= 0.6 is 0 Å². The normalized spacial score (nSPS) is 23.8. The van der Waals surface area contributed by atoms with Crippen molar-refractivity contribution < 1.29 is 0 Å². The first-order valence-electron chi connectivity index (χ1n) is 7.80. The zero-order valence-corrected chi connectivity index (χ0v) is 12.7. The van der Waals surface area contributed by atoms with Gasteiger partial charge in [0.25, 0.3) is 0 Å². The van der Waals surface area contributed by atoms with Gasteiger partial charge in [0, 0.05) is 11.9 Å². The molecule has 106 valence electrons. The molecule has 0 saturated heterocycles. The molecule has 2 heteroatoms. The Morgan fingerprint density at radius 3 is 2.74 bits per heavy atom. The van der Waals surface area contributed by atoms with Crippen LogP contribution < -0.4 is 5.32 Å². The van der Waals surface area contributed by atoms with Gasteiger partial charge >= 0.3 is 0 Å². The number of nitrogens with one attached hydrogen (secondary N) is 1. The molecule has 2 rings (SSSR count). The molecular formula is C17H28N2. The lowest BCUT2D eigenvalue weighted by molar-refractivity contribution is 0.291. The molecule has 2 atom stereocenters. The van der Waals surface area contributed by atoms with Crippen LogP contribution in [0.3, 0.4) is 0 Å². The summed E-state index contributed by atoms with van der Waals surface area (Å²) in [5.74, 6) is 2.24. The highest BCUT2D eigenvalue weighted by Crippen LogP contribution is 2.37. The molecule has 2 nitrogen and oxygen atoms in total. The van der Waals surface area contributed by atoms with Gasteiger partial charge in [-0.15, -0.1) is 0 Å². The maximum absolute atomic E-state index is 4.48. The molecule has 0 aliphatic heterocycles. The van der Waals surface area contributed by atoms with Gasteiger partial charge in [-0.25, -0.2) is 0 Å². The third-order valence-corrected chi connectivity index (χ3v) is 4.23. The number of nitrogens with zero attached hydrogens (tertiary/aromatic N) is 1. The molecule has 19 heavy (non-hydrogen) atoms. The van der Waals surface area contributed by atoms with E-state index in [9.17, 15) is 0 Å². The Kier molecular flexibility index (Phi) is 5.38. The summed E-state index contributed by atoms with van der Waals surface area (Å²) in [4.78, 5) is 4.48. The van der Waals surface area contributed by atoms with Crippen molar-refractivity contribution >= 4 is 0 Å². The summed E-state index contributed by atoms with van der Waals surface area (Å²) >= 11 is 0. The van der Waals surface area contributed by atoms with E-state index in [1.807, 2.05) is 0 Å². The van der Waals surface area contributed by atoms with Gasteiger partial charge in [-0.3, -0.25) is 4.98 Å². The molecule has 1 aliphatic carbocycles. The number of hydrogen-bond donors (Lipinski definition) is 1. The Hall–Kier alpha value is -0.890. The van der Waals surface area contributed by atoms with E-state index in [1.54, 1.807) is 0 Å². The third kappa shape index (κ3) is 4.31. The van der Waals surface area contributed by atoms with Crippen molar-refractivity contribution in [2.45, 2.75) is 52.4 Å². The average molecular weight is 260 g/mol. The Bertz CT molecular complexity index is 369. The summed E-state index contributed by atoms with van der Waals surface area (Å²) in [6.07, 6.45) is 7.56. The minimum Gasteiger partial charge on any atom is -0.316 e. The van der Waals surface area contributed by atoms with Crippen molar-refractivity contribution in [1.82, 2.24) is 10.3 Å². The number of pyridine rings is 1. The van der Waals surface area contributed by atoms with Crippen LogP contribution in [0.1, 0.15) is 56.7 Å². The van der Waals surface area contributed by atoms with Gasteiger partial charge < -0.3 is 5.32 Å². The fourth-order valence-electron chi connectivity index (χ4n) is 3.15. The topological polar surface area (TPSA) is 24.9 Å². The number of rotatable bonds is 5. The molecule has 0 amide bonds. The Morgan fingerprint density at radius 1 is 1.26 bits per heavy atom. The standard InChI is InChI=1S/C17H28N2/c1-13(2)10-18-11-15-6-4-5-7-17(15)16-9-8-14(3)19-12-16/h8-9,12-13,15,17-18H,4-7,10-11H2,1-3H3. The van der Waals surface area contributed by atoms with E-state index < -0.39 is 0 Å². The average Bonchev–Trinajstić information content (AvgIpc) is 2.40. The SMILES string of the molecule is Cc1ccc(C2CCCCC2CNCC(C)C)cn1. The lowest BCUT2D eigenvalue weighted by Crippen LogP contribution is -2.31. The van der Waals surface area contributed by atoms with E-state index in [0.29, 0.717) is 5.92 Å². The fraction of sp³-hybridized carbons (Fsp3) is 0.706. The molecule has 0 spiro atoms. The van der Waals surface area contributed by atoms with Gasteiger partial charge in [-0.1, -0.05) is 32.8 Å². The summed E-state index contributed by atoms with van der Waals surface area (Å²) in [5, 5.41) is 3.65. The number of aromatic nitrogens is 1. The lowest BCUT2D eigenvalue weighted by atomic mass is 9.76. The smallest absolute Gasteiger partial charge is 0.0372 e. The molecule has 1 heterocycles. The fourth-order valence-corrected chi connectivity index (χ4v) is 3.15. The predicted octanol–water partition coefficient (Wildman–Crippen LogP) is 3.91. The van der Waals surface area contributed by atoms with Gasteiger partial charge in [0.1, 0.15) is 0 Å². The molecule has 2 unspecified atom stereocenters. The van der Waals surface area contributed by atoms with E-state index in [4.69, 9.17) is 0 Å². The van der Waals surface area contributed by atoms with Gasteiger partial charge in [0.15, 0.2) is 0 Å². The summed E-state index contributed by atoms with van der Waals surface area (Å²) in [7, 11) is 0. The van der Waals surface area contributed by atoms with Crippen molar-refractivity contribution in [2.24, 2.45) is 11.8 Å². The van der Waals surface area contributed by atoms with Crippen molar-refractivity contribution in [3.05, 3.63) is 29.6 Å². The summed E-state index contributed by atoms with van der Waals surface area (Å²) in [6.45, 7) is 8.91. The van der Waals surface area contributed by atoms with E-state index in [-0.39, 0.29) is 0 Å². The molecule has 1 N–H and O–H groups in total. The van der Waals surface area contributed by atoms with E-state index in [2.05, 4.69) is 49.4 Å². The second-order valence-electron chi connectivity index (χ2n) is 6.44. The van der Waals surface area contributed by atoms with Crippen LogP contribution in [-0.4, -0.2) is 18.1 Å². The van der Waals surface area contributed by atoms with Crippen molar-refractivity contribution in [1.29, 1.82) is 0 Å². The first-order chi connectivity index (χ1) is 9.16. The van der Waals surface area contributed by atoms with Crippen LogP contribution in [-0.2, 0) is 0 Å². The lowest BCUT2D eigenvalue weighted by Gasteiger charge is -2.32. The molecular weight excluding hydrogens is 232 g/mol. The molecule has 0 bridgehead atoms. The minimum atomic E-state index is 0.710. The maximum atomic E-state index is 4.48. The highest BCUT2D eigenvalue weighted by Gasteiger charge is 2.26. The van der Waals surface area contributed by atoms with E-state index in [0.717, 1.165) is 30.6 Å². The zero-order valence-electron chi connectivity index (χ0n) is 12.7. The molecule has 1 saturated carbocycles. The third-order valence-electron chi connectivity index (χ3n) is 4.23. The molecule has 1 aromatic rings. The Balaban J connectivity index is 1.97. The zero-order chi connectivity index (χ0) is 13.7. The maximum Gasteiger partial charge on any atom is 0.0372 e. The van der Waals surface area contributed by atoms with Crippen LogP contribution in [0.5, 0.6) is 0 Å². The molecule has 1 aliphatic rings. The van der Waals surface area contributed by atoms with E-state index in [1.165, 1.54) is 31.2 Å². The second-order valence-corrected chi connectivity index (χ2v) is 6.44. The Morgan fingerprint density at radius 2 is 2.05 bits per heavy atom. The van der Waals surface area contributed by atoms with Crippen LogP contribution in [0.4, 0.5) is 0 Å². The molecule has 0 aromatic carbocycles. The van der Waals surface area contributed by atoms with Crippen LogP contribution in [0, 0.1) is 18.8 Å². The van der Waals surface area contributed by atoms with Crippen LogP contribution in [0.25, 0.3) is 0 Å². The highest BCUT2D eigenvalue weighted by atomic mass is 14.9. The minimum absolute atomic E-state index is 0.710. The Labute approximate surface area is 118 Å². The summed E-state index contributed by atoms with van der Waals surface area (Å²) in [6, 6.07) is 4.44. The highest BCUT2D eigenvalue weighted by molar-refractivity contribution is 5.19. The first kappa shape index (κ1) is 14.5. The van der Waals surface area contributed by atoms with Crippen molar-refractivity contribution in [2.75, 3.05) is 13.1 Å². The van der Waals surface area contributed by atoms with Crippen molar-refractivity contribution in [3.63, 3.8) is 0 Å². The van der Waals surface area contributed by atoms with Crippen molar-refractivity contribution in [3.8, 4) is 0 Å². The number of aryl methyl sites for hydroxylation is 1. The van der Waals surface area contributed by atoms with Gasteiger partial charge in [0.2, 0.25) is 0 Å². The first-order valence-corrected chi connectivity index (χ1v) is 7.80. The molecule has 1 aromatic heterocycles. The van der Waals surface area contributed by atoms with E-state index >= 15 is 0 Å². The monoisotopic (exact) mass is 260 g/mol. The van der Waals surface area contributed by atoms with Crippen LogP contribution in [0.2, 0.25) is 0 Å². The van der Waals surface area contributed by atoms with Gasteiger partial charge in [0.05, 0.1) is 0 Å². The van der Waals surface area contributed by atoms with Gasteiger partial charge in [-0.2, -0.15) is 0 Å². The number of hydrogen-bond acceptors (Lipinski definition) is 2. The van der Waals surface area contributed by atoms with Crippen LogP contribution in [0.15, 0.2) is 18.3 Å². The summed E-state index contributed by atoms with van der Waals surface area (Å²) in [5.41, 5.74) is 2.57. The molecule has 1 fully saturated rings. The second kappa shape index (κ2) is 7.04. The largest absolute Gasteiger partial charge is 0.316 e. The van der Waals surface area contributed by atoms with Gasteiger partial charge in [-0.05, 0) is 62.2 Å². The predicted molar refractivity (Wildman–Crippen MR) is 81.4 cm³/mol.